The number of nitrogens with zero attached hydrogens (tertiary/aromatic N) is 6. The van der Waals surface area contributed by atoms with Gasteiger partial charge in [0.05, 0.1) is 36.7 Å². The number of ether oxygens (including phenoxy) is 2. The number of amides is 1. The normalized spacial score (nSPS) is 16.8. The molecule has 0 N–H and O–H groups in total. The van der Waals surface area contributed by atoms with Gasteiger partial charge in [-0.3, -0.25) is 4.79 Å². The lowest BCUT2D eigenvalue weighted by molar-refractivity contribution is -0.125. The number of pyridine rings is 2. The second-order valence-electron chi connectivity index (χ2n) is 8.31. The summed E-state index contributed by atoms with van der Waals surface area (Å²) in [6, 6.07) is 8.13. The van der Waals surface area contributed by atoms with E-state index in [1.165, 1.54) is 0 Å². The quantitative estimate of drug-likeness (QED) is 0.555. The molecule has 0 aliphatic carbocycles. The van der Waals surface area contributed by atoms with Gasteiger partial charge in [0.1, 0.15) is 23.7 Å². The van der Waals surface area contributed by atoms with Crippen molar-refractivity contribution in [2.24, 2.45) is 0 Å². The van der Waals surface area contributed by atoms with E-state index < -0.39 is 0 Å². The number of fused-ring (bicyclic) bond motifs is 1. The monoisotopic (exact) mass is 456 g/mol. The topological polar surface area (TPSA) is 96.0 Å². The van der Waals surface area contributed by atoms with Gasteiger partial charge < -0.3 is 19.3 Å². The van der Waals surface area contributed by atoms with E-state index in [0.717, 1.165) is 35.3 Å². The summed E-state index contributed by atoms with van der Waals surface area (Å²) in [7, 11) is 0. The maximum absolute atomic E-state index is 11.7. The molecule has 2 saturated heterocycles. The van der Waals surface area contributed by atoms with Crippen LogP contribution in [0, 0.1) is 23.7 Å². The fourth-order valence-electron chi connectivity index (χ4n) is 4.41. The number of anilines is 1. The third-order valence-corrected chi connectivity index (χ3v) is 6.25. The van der Waals surface area contributed by atoms with Crippen molar-refractivity contribution in [3.63, 3.8) is 0 Å². The Morgan fingerprint density at radius 3 is 2.65 bits per heavy atom. The second kappa shape index (κ2) is 9.42. The molecule has 0 spiro atoms. The molecule has 9 heteroatoms. The number of hydrogen-bond donors (Lipinski definition) is 0. The van der Waals surface area contributed by atoms with Gasteiger partial charge in [-0.2, -0.15) is 10.4 Å². The lowest BCUT2D eigenvalue weighted by Crippen LogP contribution is -2.48. The fourth-order valence-corrected chi connectivity index (χ4v) is 4.41. The summed E-state index contributed by atoms with van der Waals surface area (Å²) >= 11 is 0. The van der Waals surface area contributed by atoms with Gasteiger partial charge in [-0.1, -0.05) is 0 Å². The van der Waals surface area contributed by atoms with Crippen LogP contribution in [0.5, 0.6) is 5.75 Å². The number of carbonyl (C=O) groups excluding carboxylic acids is 1. The van der Waals surface area contributed by atoms with Crippen molar-refractivity contribution in [2.45, 2.75) is 18.9 Å². The van der Waals surface area contributed by atoms with E-state index in [4.69, 9.17) is 15.9 Å². The van der Waals surface area contributed by atoms with Crippen LogP contribution in [0.3, 0.4) is 0 Å². The van der Waals surface area contributed by atoms with Crippen LogP contribution in [0.2, 0.25) is 0 Å². The Hall–Kier alpha value is -4.08. The van der Waals surface area contributed by atoms with Crippen LogP contribution in [0.15, 0.2) is 36.8 Å². The highest BCUT2D eigenvalue weighted by molar-refractivity contribution is 5.93. The van der Waals surface area contributed by atoms with Crippen molar-refractivity contribution in [1.29, 1.82) is 5.26 Å². The Labute approximate surface area is 197 Å². The number of aromatic nitrogens is 3. The number of nitriles is 1. The largest absolute Gasteiger partial charge is 0.489 e. The van der Waals surface area contributed by atoms with Crippen LogP contribution in [0.1, 0.15) is 18.4 Å². The molecule has 0 unspecified atom stereocenters. The lowest BCUT2D eigenvalue weighted by atomic mass is 10.0. The average molecular weight is 457 g/mol. The fraction of sp³-hybridized carbons (Fsp3) is 0.360. The Kier molecular flexibility index (Phi) is 6.03. The molecule has 9 nitrogen and oxygen atoms in total. The zero-order valence-corrected chi connectivity index (χ0v) is 18.7. The van der Waals surface area contributed by atoms with Crippen molar-refractivity contribution in [2.75, 3.05) is 44.3 Å². The van der Waals surface area contributed by atoms with Crippen LogP contribution >= 0.6 is 0 Å². The van der Waals surface area contributed by atoms with Gasteiger partial charge in [0.25, 0.3) is 5.91 Å². The van der Waals surface area contributed by atoms with Crippen LogP contribution in [0.4, 0.5) is 5.82 Å². The minimum Gasteiger partial charge on any atom is -0.489 e. The molecule has 2 aliphatic rings. The first-order valence-corrected chi connectivity index (χ1v) is 11.3. The number of hydrogen-bond acceptors (Lipinski definition) is 7. The molecule has 3 aromatic heterocycles. The number of piperazine rings is 1. The highest BCUT2D eigenvalue weighted by atomic mass is 16.5. The van der Waals surface area contributed by atoms with Gasteiger partial charge in [0.2, 0.25) is 0 Å². The molecule has 2 fully saturated rings. The van der Waals surface area contributed by atoms with E-state index >= 15 is 0 Å². The Morgan fingerprint density at radius 1 is 1.18 bits per heavy atom. The van der Waals surface area contributed by atoms with E-state index in [-0.39, 0.29) is 12.0 Å². The first kappa shape index (κ1) is 21.7. The van der Waals surface area contributed by atoms with Gasteiger partial charge in [0, 0.05) is 56.3 Å². The molecule has 3 aromatic rings. The van der Waals surface area contributed by atoms with E-state index in [9.17, 15) is 10.1 Å². The zero-order chi connectivity index (χ0) is 23.5. The molecule has 0 bridgehead atoms. The van der Waals surface area contributed by atoms with E-state index in [1.54, 1.807) is 21.8 Å². The van der Waals surface area contributed by atoms with Crippen molar-refractivity contribution < 1.29 is 14.3 Å². The van der Waals surface area contributed by atoms with Crippen LogP contribution in [-0.4, -0.2) is 70.9 Å². The Morgan fingerprint density at radius 2 is 1.97 bits per heavy atom. The molecule has 2 aliphatic heterocycles. The third-order valence-electron chi connectivity index (χ3n) is 6.25. The molecule has 1 amide bonds. The van der Waals surface area contributed by atoms with E-state index in [0.29, 0.717) is 50.7 Å². The summed E-state index contributed by atoms with van der Waals surface area (Å²) in [5, 5.41) is 14.0. The number of carbonyl (C=O) groups is 1. The highest BCUT2D eigenvalue weighted by Gasteiger charge is 2.22. The predicted molar refractivity (Wildman–Crippen MR) is 125 cm³/mol. The summed E-state index contributed by atoms with van der Waals surface area (Å²) in [5.41, 5.74) is 2.91. The molecular formula is C25H24N6O3. The van der Waals surface area contributed by atoms with E-state index in [1.807, 2.05) is 24.4 Å². The standard InChI is InChI=1S/C25H24N6O3/c1-2-24(32)30-9-7-29(8-10-30)23-4-3-18(15-27-23)22-13-21(34-20-5-11-33-12-6-20)17-31-25(22)19(14-26)16-28-31/h1,3-4,13,15-17,20H,5-12H2. The minimum absolute atomic E-state index is 0.0885. The van der Waals surface area contributed by atoms with Gasteiger partial charge in [-0.05, 0) is 24.1 Å². The van der Waals surface area contributed by atoms with Gasteiger partial charge in [0.15, 0.2) is 0 Å². The first-order chi connectivity index (χ1) is 16.7. The van der Waals surface area contributed by atoms with Crippen LogP contribution < -0.4 is 9.64 Å². The molecule has 0 saturated carbocycles. The SMILES string of the molecule is C#CC(=O)N1CCN(c2ccc(-c3cc(OC4CCOCC4)cn4ncc(C#N)c34)cn2)CC1. The first-order valence-electron chi connectivity index (χ1n) is 11.3. The molecule has 0 atom stereocenters. The summed E-state index contributed by atoms with van der Waals surface area (Å²) in [6.45, 7) is 3.85. The molecule has 172 valence electrons. The maximum atomic E-state index is 11.7. The highest BCUT2D eigenvalue weighted by Crippen LogP contribution is 2.32. The average Bonchev–Trinajstić information content (AvgIpc) is 3.32. The smallest absolute Gasteiger partial charge is 0.298 e. The molecule has 0 radical (unpaired) electrons. The Balaban J connectivity index is 1.41. The van der Waals surface area contributed by atoms with Crippen LogP contribution in [0.25, 0.3) is 16.6 Å². The van der Waals surface area contributed by atoms with Crippen molar-refractivity contribution in [3.05, 3.63) is 42.4 Å². The minimum atomic E-state index is -0.274. The molecule has 5 rings (SSSR count). The number of terminal acetylenes is 1. The zero-order valence-electron chi connectivity index (χ0n) is 18.7. The van der Waals surface area contributed by atoms with Crippen molar-refractivity contribution >= 4 is 17.2 Å². The van der Waals surface area contributed by atoms with E-state index in [2.05, 4.69) is 27.0 Å². The van der Waals surface area contributed by atoms with Crippen LogP contribution in [-0.2, 0) is 9.53 Å². The Bertz CT molecular complexity index is 1270. The summed E-state index contributed by atoms with van der Waals surface area (Å²) < 4.78 is 13.3. The maximum Gasteiger partial charge on any atom is 0.298 e. The molecule has 0 aromatic carbocycles. The molecule has 34 heavy (non-hydrogen) atoms. The molecular weight excluding hydrogens is 432 g/mol. The summed E-state index contributed by atoms with van der Waals surface area (Å²) in [6.07, 6.45) is 12.2. The third kappa shape index (κ3) is 4.26. The summed E-state index contributed by atoms with van der Waals surface area (Å²) in [5.74, 6) is 3.42. The van der Waals surface area contributed by atoms with Gasteiger partial charge in [-0.15, -0.1) is 6.42 Å². The lowest BCUT2D eigenvalue weighted by Gasteiger charge is -2.34. The second-order valence-corrected chi connectivity index (χ2v) is 8.31. The predicted octanol–water partition coefficient (Wildman–Crippen LogP) is 2.11. The van der Waals surface area contributed by atoms with Crippen molar-refractivity contribution in [1.82, 2.24) is 19.5 Å². The van der Waals surface area contributed by atoms with Gasteiger partial charge in [-0.25, -0.2) is 9.50 Å². The number of rotatable bonds is 4. The molecule has 5 heterocycles. The van der Waals surface area contributed by atoms with Crippen molar-refractivity contribution in [3.8, 4) is 35.3 Å². The summed E-state index contributed by atoms with van der Waals surface area (Å²) in [4.78, 5) is 20.2. The van der Waals surface area contributed by atoms with Gasteiger partial charge >= 0.3 is 0 Å².